The van der Waals surface area contributed by atoms with E-state index in [0.717, 1.165) is 25.9 Å². The Hall–Kier alpha value is -0.740. The molecule has 0 spiro atoms. The summed E-state index contributed by atoms with van der Waals surface area (Å²) in [4.78, 5) is 32.1. The molecule has 4 heterocycles. The summed E-state index contributed by atoms with van der Waals surface area (Å²) in [6.45, 7) is 8.77. The summed E-state index contributed by atoms with van der Waals surface area (Å²) in [7, 11) is 0. The Labute approximate surface area is 208 Å². The molecular weight excluding hydrogens is 420 g/mol. The van der Waals surface area contributed by atoms with Gasteiger partial charge in [0.2, 0.25) is 0 Å². The first-order chi connectivity index (χ1) is 16.5. The van der Waals surface area contributed by atoms with Crippen molar-refractivity contribution in [3.63, 3.8) is 0 Å². The summed E-state index contributed by atoms with van der Waals surface area (Å²) in [6.07, 6.45) is 17.5. The van der Waals surface area contributed by atoms with Crippen LogP contribution in [0.5, 0.6) is 0 Å². The largest absolute Gasteiger partial charge is 0.299 e. The third-order valence-electron chi connectivity index (χ3n) is 10.6. The standard InChI is InChI=1S/C30H50N2O2/c1-21-19-31-17-9-13-23-11-6-4-8-16-26-28-24(14-10-18-32(28)20-22(2)30(26)34)12-5-3-7-15-25(27(23)31)29(21)33/h21-28H,3-20H2,1-2H3/t21-,22-,23-,24+,25+,26+,27-,28+/m1/s1. The quantitative estimate of drug-likeness (QED) is 0.453. The molecule has 5 aliphatic rings. The third-order valence-corrected chi connectivity index (χ3v) is 10.6. The van der Waals surface area contributed by atoms with Gasteiger partial charge in [0, 0.05) is 48.8 Å². The molecule has 4 aliphatic heterocycles. The van der Waals surface area contributed by atoms with Crippen LogP contribution in [-0.2, 0) is 9.59 Å². The van der Waals surface area contributed by atoms with Gasteiger partial charge in [0.05, 0.1) is 0 Å². The number of hydrogen-bond donors (Lipinski definition) is 0. The van der Waals surface area contributed by atoms with Gasteiger partial charge in [-0.25, -0.2) is 0 Å². The number of piperidine rings is 4. The van der Waals surface area contributed by atoms with Gasteiger partial charge in [0.15, 0.2) is 0 Å². The maximum Gasteiger partial charge on any atom is 0.141 e. The molecule has 4 heteroatoms. The van der Waals surface area contributed by atoms with Crippen molar-refractivity contribution in [1.82, 2.24) is 9.80 Å². The second kappa shape index (κ2) is 11.1. The van der Waals surface area contributed by atoms with E-state index in [0.29, 0.717) is 35.5 Å². The molecule has 4 nitrogen and oxygen atoms in total. The van der Waals surface area contributed by atoms with E-state index >= 15 is 0 Å². The fourth-order valence-corrected chi connectivity index (χ4v) is 9.04. The van der Waals surface area contributed by atoms with Gasteiger partial charge in [-0.1, -0.05) is 52.4 Å². The molecule has 8 atom stereocenters. The summed E-state index contributed by atoms with van der Waals surface area (Å²) < 4.78 is 0. The van der Waals surface area contributed by atoms with E-state index in [1.165, 1.54) is 90.1 Å². The molecule has 192 valence electrons. The monoisotopic (exact) mass is 470 g/mol. The van der Waals surface area contributed by atoms with Crippen LogP contribution in [0.2, 0.25) is 0 Å². The molecule has 5 rings (SSSR count). The van der Waals surface area contributed by atoms with Crippen molar-refractivity contribution >= 4 is 11.6 Å². The Morgan fingerprint density at radius 2 is 0.912 bits per heavy atom. The Morgan fingerprint density at radius 3 is 1.35 bits per heavy atom. The van der Waals surface area contributed by atoms with Crippen molar-refractivity contribution < 1.29 is 9.59 Å². The van der Waals surface area contributed by atoms with E-state index in [1.54, 1.807) is 0 Å². The van der Waals surface area contributed by atoms with Crippen LogP contribution >= 0.6 is 0 Å². The molecule has 1 aliphatic carbocycles. The number of hydrogen-bond acceptors (Lipinski definition) is 4. The fourth-order valence-electron chi connectivity index (χ4n) is 9.04. The average molecular weight is 471 g/mol. The summed E-state index contributed by atoms with van der Waals surface area (Å²) in [5.41, 5.74) is 0. The van der Waals surface area contributed by atoms with Crippen molar-refractivity contribution in [2.24, 2.45) is 35.5 Å². The van der Waals surface area contributed by atoms with Gasteiger partial charge in [0.25, 0.3) is 0 Å². The number of Topliss-reactive ketones (excluding diaryl/α,β-unsaturated/α-hetero) is 2. The molecule has 0 unspecified atom stereocenters. The maximum atomic E-state index is 13.3. The SMILES string of the molecule is C[C@@H]1CN2CCC[C@H]3CCCCC[C@@H]4C(=O)[C@H](C)CN5CCC[C@H](CCCCC[C@H](C1=O)[C@@H]32)[C@@H]45. The van der Waals surface area contributed by atoms with Crippen molar-refractivity contribution in [2.45, 2.75) is 116 Å². The van der Waals surface area contributed by atoms with Gasteiger partial charge < -0.3 is 0 Å². The first kappa shape index (κ1) is 24.9. The fraction of sp³-hybridized carbons (Fsp3) is 0.933. The Balaban J connectivity index is 1.31. The molecule has 1 saturated carbocycles. The predicted octanol–water partition coefficient (Wildman–Crippen LogP) is 5.73. The molecule has 0 aromatic heterocycles. The minimum Gasteiger partial charge on any atom is -0.299 e. The van der Waals surface area contributed by atoms with Crippen LogP contribution in [0, 0.1) is 35.5 Å². The van der Waals surface area contributed by atoms with E-state index in [1.807, 2.05) is 0 Å². The van der Waals surface area contributed by atoms with Crippen LogP contribution in [0.3, 0.4) is 0 Å². The number of nitrogens with zero attached hydrogens (tertiary/aromatic N) is 2. The number of ketones is 2. The highest BCUT2D eigenvalue weighted by Gasteiger charge is 2.46. The molecule has 0 amide bonds. The van der Waals surface area contributed by atoms with Gasteiger partial charge in [-0.15, -0.1) is 0 Å². The minimum absolute atomic E-state index is 0.224. The molecule has 5 fully saturated rings. The first-order valence-electron chi connectivity index (χ1n) is 15.1. The first-order valence-corrected chi connectivity index (χ1v) is 15.1. The molecule has 4 saturated heterocycles. The molecule has 0 bridgehead atoms. The lowest BCUT2D eigenvalue weighted by Gasteiger charge is -2.50. The van der Waals surface area contributed by atoms with Crippen LogP contribution in [0.15, 0.2) is 0 Å². The van der Waals surface area contributed by atoms with Gasteiger partial charge in [-0.05, 0) is 76.3 Å². The van der Waals surface area contributed by atoms with E-state index < -0.39 is 0 Å². The lowest BCUT2D eigenvalue weighted by atomic mass is 9.69. The second-order valence-electron chi connectivity index (χ2n) is 12.9. The van der Waals surface area contributed by atoms with Crippen LogP contribution < -0.4 is 0 Å². The highest BCUT2D eigenvalue weighted by Crippen LogP contribution is 2.42. The summed E-state index contributed by atoms with van der Waals surface area (Å²) in [5, 5.41) is 0. The summed E-state index contributed by atoms with van der Waals surface area (Å²) in [6, 6.07) is 1.03. The van der Waals surface area contributed by atoms with Crippen molar-refractivity contribution in [1.29, 1.82) is 0 Å². The lowest BCUT2D eigenvalue weighted by molar-refractivity contribution is -0.138. The van der Waals surface area contributed by atoms with Gasteiger partial charge in [-0.2, -0.15) is 0 Å². The number of carbonyl (C=O) groups excluding carboxylic acids is 2. The van der Waals surface area contributed by atoms with Crippen molar-refractivity contribution in [2.75, 3.05) is 26.2 Å². The van der Waals surface area contributed by atoms with Crippen molar-refractivity contribution in [3.8, 4) is 0 Å². The average Bonchev–Trinajstić information content (AvgIpc) is 2.82. The second-order valence-corrected chi connectivity index (χ2v) is 12.9. The molecule has 0 radical (unpaired) electrons. The minimum atomic E-state index is 0.224. The zero-order chi connectivity index (χ0) is 23.7. The van der Waals surface area contributed by atoms with Crippen molar-refractivity contribution in [3.05, 3.63) is 0 Å². The van der Waals surface area contributed by atoms with Crippen LogP contribution in [0.4, 0.5) is 0 Å². The molecule has 0 N–H and O–H groups in total. The smallest absolute Gasteiger partial charge is 0.141 e. The Bertz CT molecular complexity index is 663. The highest BCUT2D eigenvalue weighted by molar-refractivity contribution is 5.85. The molecule has 0 aromatic carbocycles. The highest BCUT2D eigenvalue weighted by atomic mass is 16.1. The predicted molar refractivity (Wildman–Crippen MR) is 138 cm³/mol. The van der Waals surface area contributed by atoms with E-state index in [9.17, 15) is 9.59 Å². The Kier molecular flexibility index (Phi) is 8.15. The van der Waals surface area contributed by atoms with Crippen LogP contribution in [0.1, 0.15) is 104 Å². The summed E-state index contributed by atoms with van der Waals surface area (Å²) in [5.74, 6) is 3.59. The lowest BCUT2D eigenvalue weighted by Crippen LogP contribution is -2.58. The molecular formula is C30H50N2O2. The van der Waals surface area contributed by atoms with Crippen LogP contribution in [-0.4, -0.2) is 59.6 Å². The van der Waals surface area contributed by atoms with E-state index in [4.69, 9.17) is 0 Å². The van der Waals surface area contributed by atoms with E-state index in [-0.39, 0.29) is 23.7 Å². The molecule has 0 aromatic rings. The Morgan fingerprint density at radius 1 is 0.529 bits per heavy atom. The maximum absolute atomic E-state index is 13.3. The number of carbonyl (C=O) groups is 2. The third kappa shape index (κ3) is 5.05. The topological polar surface area (TPSA) is 40.6 Å². The zero-order valence-corrected chi connectivity index (χ0v) is 22.1. The molecule has 34 heavy (non-hydrogen) atoms. The zero-order valence-electron chi connectivity index (χ0n) is 22.1. The summed E-state index contributed by atoms with van der Waals surface area (Å²) >= 11 is 0. The normalized spacial score (nSPS) is 43.7. The van der Waals surface area contributed by atoms with Crippen LogP contribution in [0.25, 0.3) is 0 Å². The van der Waals surface area contributed by atoms with Gasteiger partial charge in [-0.3, -0.25) is 19.4 Å². The van der Waals surface area contributed by atoms with Gasteiger partial charge >= 0.3 is 0 Å². The van der Waals surface area contributed by atoms with E-state index in [2.05, 4.69) is 23.6 Å². The van der Waals surface area contributed by atoms with Gasteiger partial charge in [0.1, 0.15) is 11.6 Å². The number of rotatable bonds is 0.